The van der Waals surface area contributed by atoms with Crippen LogP contribution in [0.3, 0.4) is 0 Å². The summed E-state index contributed by atoms with van der Waals surface area (Å²) in [5.74, 6) is -1.24. The SMILES string of the molecule is O=C(O)c1cn(CC(=O)N2CCCc3ccccc3C2)nn1. The third-order valence-electron chi connectivity index (χ3n) is 3.76. The van der Waals surface area contributed by atoms with Gasteiger partial charge in [0.05, 0.1) is 6.20 Å². The average Bonchev–Trinajstić information content (AvgIpc) is 2.85. The molecule has 1 aliphatic heterocycles. The smallest absolute Gasteiger partial charge is 0.358 e. The summed E-state index contributed by atoms with van der Waals surface area (Å²) in [4.78, 5) is 25.0. The molecule has 1 aliphatic rings. The molecule has 7 heteroatoms. The first-order valence-electron chi connectivity index (χ1n) is 7.11. The van der Waals surface area contributed by atoms with E-state index in [1.807, 2.05) is 18.2 Å². The highest BCUT2D eigenvalue weighted by Gasteiger charge is 2.20. The third-order valence-corrected chi connectivity index (χ3v) is 3.76. The van der Waals surface area contributed by atoms with Crippen LogP contribution in [0.4, 0.5) is 0 Å². The molecule has 0 unspecified atom stereocenters. The number of aryl methyl sites for hydroxylation is 1. The van der Waals surface area contributed by atoms with Gasteiger partial charge in [0, 0.05) is 13.1 Å². The summed E-state index contributed by atoms with van der Waals surface area (Å²) in [6.45, 7) is 1.27. The zero-order valence-corrected chi connectivity index (χ0v) is 12.0. The predicted molar refractivity (Wildman–Crippen MR) is 77.2 cm³/mol. The number of hydrogen-bond acceptors (Lipinski definition) is 4. The molecule has 0 aliphatic carbocycles. The van der Waals surface area contributed by atoms with Crippen LogP contribution in [0.15, 0.2) is 30.5 Å². The fourth-order valence-corrected chi connectivity index (χ4v) is 2.63. The van der Waals surface area contributed by atoms with Crippen molar-refractivity contribution < 1.29 is 14.7 Å². The molecule has 7 nitrogen and oxygen atoms in total. The molecule has 1 amide bonds. The molecule has 1 aromatic heterocycles. The van der Waals surface area contributed by atoms with Crippen LogP contribution in [0, 0.1) is 0 Å². The number of nitrogens with zero attached hydrogens (tertiary/aromatic N) is 4. The minimum absolute atomic E-state index is 0.00243. The first-order chi connectivity index (χ1) is 10.6. The second-order valence-electron chi connectivity index (χ2n) is 5.29. The Kier molecular flexibility index (Phi) is 3.86. The summed E-state index contributed by atoms with van der Waals surface area (Å²) < 4.78 is 1.27. The molecule has 3 rings (SSSR count). The summed E-state index contributed by atoms with van der Waals surface area (Å²) in [6.07, 6.45) is 3.15. The third kappa shape index (κ3) is 2.98. The van der Waals surface area contributed by atoms with E-state index in [2.05, 4.69) is 16.4 Å². The highest BCUT2D eigenvalue weighted by molar-refractivity contribution is 5.84. The molecule has 2 heterocycles. The zero-order chi connectivity index (χ0) is 15.5. The Morgan fingerprint density at radius 3 is 2.73 bits per heavy atom. The molecule has 22 heavy (non-hydrogen) atoms. The molecule has 2 aromatic rings. The number of aromatic nitrogens is 3. The van der Waals surface area contributed by atoms with Crippen LogP contribution in [0.1, 0.15) is 28.0 Å². The minimum atomic E-state index is -1.15. The summed E-state index contributed by atoms with van der Waals surface area (Å²) in [7, 11) is 0. The molecule has 114 valence electrons. The number of rotatable bonds is 3. The maximum Gasteiger partial charge on any atom is 0.358 e. The molecule has 0 saturated heterocycles. The molecule has 0 bridgehead atoms. The van der Waals surface area contributed by atoms with Crippen LogP contribution in [0.5, 0.6) is 0 Å². The number of hydrogen-bond donors (Lipinski definition) is 1. The van der Waals surface area contributed by atoms with E-state index in [9.17, 15) is 9.59 Å². The molecule has 1 N–H and O–H groups in total. The first kappa shape index (κ1) is 14.2. The van der Waals surface area contributed by atoms with Crippen molar-refractivity contribution in [2.24, 2.45) is 0 Å². The Balaban J connectivity index is 1.70. The fraction of sp³-hybridized carbons (Fsp3) is 0.333. The van der Waals surface area contributed by atoms with Crippen molar-refractivity contribution in [2.75, 3.05) is 6.54 Å². The van der Waals surface area contributed by atoms with Crippen LogP contribution in [-0.4, -0.2) is 43.4 Å². The number of carboxylic acids is 1. The lowest BCUT2D eigenvalue weighted by atomic mass is 10.0. The Morgan fingerprint density at radius 2 is 2.00 bits per heavy atom. The standard InChI is InChI=1S/C15H16N4O3/c20-14(10-19-9-13(15(21)22)16-17-19)18-7-3-6-11-4-1-2-5-12(11)8-18/h1-2,4-5,9H,3,6-8,10H2,(H,21,22). The monoisotopic (exact) mass is 300 g/mol. The Labute approximate surface area is 127 Å². The lowest BCUT2D eigenvalue weighted by Crippen LogP contribution is -2.33. The molecule has 0 atom stereocenters. The van der Waals surface area contributed by atoms with E-state index in [1.54, 1.807) is 4.90 Å². The first-order valence-corrected chi connectivity index (χ1v) is 7.11. The van der Waals surface area contributed by atoms with Gasteiger partial charge >= 0.3 is 5.97 Å². The van der Waals surface area contributed by atoms with Crippen LogP contribution in [-0.2, 0) is 24.3 Å². The molecular weight excluding hydrogens is 284 g/mol. The maximum absolute atomic E-state index is 12.4. The van der Waals surface area contributed by atoms with Gasteiger partial charge in [-0.1, -0.05) is 29.5 Å². The Bertz CT molecular complexity index is 710. The van der Waals surface area contributed by atoms with Crippen molar-refractivity contribution >= 4 is 11.9 Å². The van der Waals surface area contributed by atoms with Crippen LogP contribution >= 0.6 is 0 Å². The highest BCUT2D eigenvalue weighted by atomic mass is 16.4. The average molecular weight is 300 g/mol. The number of carboxylic acid groups (broad SMARTS) is 1. The normalized spacial score (nSPS) is 14.3. The van der Waals surface area contributed by atoms with Gasteiger partial charge in [0.1, 0.15) is 6.54 Å². The number of aromatic carboxylic acids is 1. The zero-order valence-electron chi connectivity index (χ0n) is 12.0. The Hall–Kier alpha value is -2.70. The van der Waals surface area contributed by atoms with Gasteiger partial charge in [0.25, 0.3) is 0 Å². The maximum atomic E-state index is 12.4. The van der Waals surface area contributed by atoms with E-state index in [1.165, 1.54) is 16.4 Å². The van der Waals surface area contributed by atoms with Crippen molar-refractivity contribution in [3.63, 3.8) is 0 Å². The van der Waals surface area contributed by atoms with Gasteiger partial charge in [0.2, 0.25) is 5.91 Å². The van der Waals surface area contributed by atoms with E-state index in [0.717, 1.165) is 18.4 Å². The van der Waals surface area contributed by atoms with Gasteiger partial charge < -0.3 is 10.0 Å². The van der Waals surface area contributed by atoms with Crippen LogP contribution < -0.4 is 0 Å². The van der Waals surface area contributed by atoms with Gasteiger partial charge in [-0.3, -0.25) is 4.79 Å². The molecular formula is C15H16N4O3. The summed E-state index contributed by atoms with van der Waals surface area (Å²) in [5, 5.41) is 16.0. The second kappa shape index (κ2) is 5.97. The van der Waals surface area contributed by atoms with Crippen molar-refractivity contribution in [1.82, 2.24) is 19.9 Å². The van der Waals surface area contributed by atoms with E-state index < -0.39 is 5.97 Å². The molecule has 0 fully saturated rings. The van der Waals surface area contributed by atoms with E-state index in [-0.39, 0.29) is 18.1 Å². The minimum Gasteiger partial charge on any atom is -0.476 e. The van der Waals surface area contributed by atoms with E-state index in [4.69, 9.17) is 5.11 Å². The molecule has 0 radical (unpaired) electrons. The number of carbonyl (C=O) groups is 2. The number of fused-ring (bicyclic) bond motifs is 1. The summed E-state index contributed by atoms with van der Waals surface area (Å²) >= 11 is 0. The van der Waals surface area contributed by atoms with E-state index in [0.29, 0.717) is 13.1 Å². The number of carbonyl (C=O) groups excluding carboxylic acids is 1. The topological polar surface area (TPSA) is 88.3 Å². The van der Waals surface area contributed by atoms with Gasteiger partial charge in [0.15, 0.2) is 5.69 Å². The van der Waals surface area contributed by atoms with Crippen molar-refractivity contribution in [3.8, 4) is 0 Å². The van der Waals surface area contributed by atoms with Gasteiger partial charge in [-0.25, -0.2) is 9.48 Å². The van der Waals surface area contributed by atoms with Crippen LogP contribution in [0.25, 0.3) is 0 Å². The number of benzene rings is 1. The van der Waals surface area contributed by atoms with Crippen molar-refractivity contribution in [1.29, 1.82) is 0 Å². The van der Waals surface area contributed by atoms with Gasteiger partial charge in [-0.05, 0) is 24.0 Å². The highest BCUT2D eigenvalue weighted by Crippen LogP contribution is 2.18. The molecule has 0 saturated carbocycles. The summed E-state index contributed by atoms with van der Waals surface area (Å²) in [5.41, 5.74) is 2.29. The van der Waals surface area contributed by atoms with E-state index >= 15 is 0 Å². The van der Waals surface area contributed by atoms with Crippen molar-refractivity contribution in [3.05, 3.63) is 47.3 Å². The predicted octanol–water partition coefficient (Wildman–Crippen LogP) is 0.951. The fourth-order valence-electron chi connectivity index (χ4n) is 2.63. The molecule has 0 spiro atoms. The van der Waals surface area contributed by atoms with Crippen molar-refractivity contribution in [2.45, 2.75) is 25.9 Å². The van der Waals surface area contributed by atoms with Gasteiger partial charge in [-0.15, -0.1) is 5.10 Å². The molecule has 1 aromatic carbocycles. The second-order valence-corrected chi connectivity index (χ2v) is 5.29. The van der Waals surface area contributed by atoms with Crippen LogP contribution in [0.2, 0.25) is 0 Å². The lowest BCUT2D eigenvalue weighted by molar-refractivity contribution is -0.132. The quantitative estimate of drug-likeness (QED) is 0.911. The number of amides is 1. The largest absolute Gasteiger partial charge is 0.476 e. The Morgan fingerprint density at radius 1 is 1.23 bits per heavy atom. The van der Waals surface area contributed by atoms with Gasteiger partial charge in [-0.2, -0.15) is 0 Å². The summed E-state index contributed by atoms with van der Waals surface area (Å²) in [6, 6.07) is 8.13. The lowest BCUT2D eigenvalue weighted by Gasteiger charge is -2.20.